The van der Waals surface area contributed by atoms with Gasteiger partial charge in [-0.15, -0.1) is 0 Å². The van der Waals surface area contributed by atoms with Gasteiger partial charge in [-0.05, 0) is 35.4 Å². The van der Waals surface area contributed by atoms with Crippen LogP contribution in [0, 0.1) is 0 Å². The average Bonchev–Trinajstić information content (AvgIpc) is 2.63. The van der Waals surface area contributed by atoms with E-state index in [0.717, 1.165) is 11.1 Å². The Morgan fingerprint density at radius 1 is 1.28 bits per heavy atom. The number of ether oxygens (including phenoxy) is 1. The van der Waals surface area contributed by atoms with E-state index in [1.54, 1.807) is 48.6 Å². The van der Waals surface area contributed by atoms with Crippen molar-refractivity contribution in [1.29, 1.82) is 0 Å². The lowest BCUT2D eigenvalue weighted by molar-refractivity contribution is -0.162. The highest BCUT2D eigenvalue weighted by atomic mass is 35.5. The molecule has 2 aromatic rings. The van der Waals surface area contributed by atoms with Crippen LogP contribution in [-0.4, -0.2) is 41.5 Å². The molecule has 130 valence electrons. The molecule has 0 unspecified atom stereocenters. The Morgan fingerprint density at radius 2 is 1.96 bits per heavy atom. The van der Waals surface area contributed by atoms with E-state index in [4.69, 9.17) is 16.3 Å². The molecule has 7 heteroatoms. The number of nitrogens with zero attached hydrogens (tertiary/aromatic N) is 2. The predicted octanol–water partition coefficient (Wildman–Crippen LogP) is 1.95. The Bertz CT molecular complexity index is 752. The van der Waals surface area contributed by atoms with Gasteiger partial charge in [-0.2, -0.15) is 0 Å². The first kappa shape index (κ1) is 17.4. The van der Waals surface area contributed by atoms with Gasteiger partial charge in [-0.3, -0.25) is 14.6 Å². The minimum absolute atomic E-state index is 0.117. The van der Waals surface area contributed by atoms with E-state index in [9.17, 15) is 9.59 Å². The topological polar surface area (TPSA) is 71.5 Å². The average molecular weight is 360 g/mol. The molecule has 1 N–H and O–H groups in total. The molecule has 0 radical (unpaired) electrons. The predicted molar refractivity (Wildman–Crippen MR) is 92.8 cm³/mol. The van der Waals surface area contributed by atoms with Crippen LogP contribution in [0.5, 0.6) is 0 Å². The number of hydrogen-bond acceptors (Lipinski definition) is 4. The van der Waals surface area contributed by atoms with Gasteiger partial charge in [0.1, 0.15) is 6.61 Å². The standard InChI is InChI=1S/C18H18ClN3O3/c1-22-15(23)11-25-17(16(22)13-2-4-14(19)5-3-13)18(24)21-10-12-6-8-20-9-7-12/h2-9,16-17H,10-11H2,1H3,(H,21,24)/t16-,17-/m0/s1. The SMILES string of the molecule is CN1C(=O)CO[C@H](C(=O)NCc2ccncc2)[C@@H]1c1ccc(Cl)cc1. The first-order chi connectivity index (χ1) is 12.1. The molecule has 25 heavy (non-hydrogen) atoms. The third-order valence-corrected chi connectivity index (χ3v) is 4.42. The van der Waals surface area contributed by atoms with Crippen molar-refractivity contribution >= 4 is 23.4 Å². The molecular formula is C18H18ClN3O3. The normalized spacial score (nSPS) is 20.4. The van der Waals surface area contributed by atoms with Crippen molar-refractivity contribution in [3.8, 4) is 0 Å². The molecule has 0 bridgehead atoms. The molecule has 3 rings (SSSR count). The summed E-state index contributed by atoms with van der Waals surface area (Å²) >= 11 is 5.94. The summed E-state index contributed by atoms with van der Waals surface area (Å²) in [5, 5.41) is 3.45. The second kappa shape index (κ2) is 7.63. The lowest BCUT2D eigenvalue weighted by Crippen LogP contribution is -2.52. The van der Waals surface area contributed by atoms with E-state index < -0.39 is 12.1 Å². The van der Waals surface area contributed by atoms with Gasteiger partial charge in [0.15, 0.2) is 6.10 Å². The second-order valence-corrected chi connectivity index (χ2v) is 6.24. The smallest absolute Gasteiger partial charge is 0.251 e. The molecular weight excluding hydrogens is 342 g/mol. The van der Waals surface area contributed by atoms with Crippen molar-refractivity contribution in [3.05, 3.63) is 64.9 Å². The van der Waals surface area contributed by atoms with Gasteiger partial charge in [0.25, 0.3) is 5.91 Å². The zero-order valence-electron chi connectivity index (χ0n) is 13.7. The van der Waals surface area contributed by atoms with Crippen molar-refractivity contribution in [3.63, 3.8) is 0 Å². The molecule has 1 saturated heterocycles. The monoisotopic (exact) mass is 359 g/mol. The third-order valence-electron chi connectivity index (χ3n) is 4.17. The van der Waals surface area contributed by atoms with Crippen LogP contribution in [0.15, 0.2) is 48.8 Å². The van der Waals surface area contributed by atoms with Gasteiger partial charge in [-0.1, -0.05) is 23.7 Å². The quantitative estimate of drug-likeness (QED) is 0.905. The first-order valence-electron chi connectivity index (χ1n) is 7.85. The van der Waals surface area contributed by atoms with Gasteiger partial charge in [-0.25, -0.2) is 0 Å². The molecule has 1 fully saturated rings. The molecule has 1 aliphatic rings. The summed E-state index contributed by atoms with van der Waals surface area (Å²) in [4.78, 5) is 30.2. The number of nitrogens with one attached hydrogen (secondary N) is 1. The zero-order chi connectivity index (χ0) is 17.8. The summed E-state index contributed by atoms with van der Waals surface area (Å²) in [6.07, 6.45) is 2.55. The Morgan fingerprint density at radius 3 is 2.64 bits per heavy atom. The zero-order valence-corrected chi connectivity index (χ0v) is 14.4. The molecule has 2 atom stereocenters. The summed E-state index contributed by atoms with van der Waals surface area (Å²) in [5.41, 5.74) is 1.73. The summed E-state index contributed by atoms with van der Waals surface area (Å²) < 4.78 is 5.56. The highest BCUT2D eigenvalue weighted by molar-refractivity contribution is 6.30. The van der Waals surface area contributed by atoms with Crippen molar-refractivity contribution in [1.82, 2.24) is 15.2 Å². The summed E-state index contributed by atoms with van der Waals surface area (Å²) in [6.45, 7) is 0.250. The Hall–Kier alpha value is -2.44. The van der Waals surface area contributed by atoms with E-state index in [-0.39, 0.29) is 18.4 Å². The molecule has 1 aromatic heterocycles. The lowest BCUT2D eigenvalue weighted by atomic mass is 9.97. The number of halogens is 1. The maximum Gasteiger partial charge on any atom is 0.251 e. The van der Waals surface area contributed by atoms with Gasteiger partial charge in [0.2, 0.25) is 5.91 Å². The molecule has 1 aromatic carbocycles. The largest absolute Gasteiger partial charge is 0.356 e. The van der Waals surface area contributed by atoms with Gasteiger partial charge < -0.3 is 15.0 Å². The number of rotatable bonds is 4. The Balaban J connectivity index is 1.78. The number of morpholine rings is 1. The Kier molecular flexibility index (Phi) is 5.31. The van der Waals surface area contributed by atoms with Crippen LogP contribution in [-0.2, 0) is 20.9 Å². The third kappa shape index (κ3) is 3.97. The number of pyridine rings is 1. The molecule has 0 saturated carbocycles. The minimum atomic E-state index is -0.786. The van der Waals surface area contributed by atoms with E-state index in [2.05, 4.69) is 10.3 Å². The lowest BCUT2D eigenvalue weighted by Gasteiger charge is -2.38. The molecule has 2 heterocycles. The number of likely N-dealkylation sites (N-methyl/N-ethyl adjacent to an activating group) is 1. The fourth-order valence-corrected chi connectivity index (χ4v) is 2.91. The summed E-state index contributed by atoms with van der Waals surface area (Å²) in [5.74, 6) is -0.436. The summed E-state index contributed by atoms with van der Waals surface area (Å²) in [6, 6.07) is 10.2. The van der Waals surface area contributed by atoms with Crippen molar-refractivity contribution in [2.24, 2.45) is 0 Å². The Labute approximate surface area is 150 Å². The second-order valence-electron chi connectivity index (χ2n) is 5.81. The number of carbonyl (C=O) groups excluding carboxylic acids is 2. The van der Waals surface area contributed by atoms with Crippen LogP contribution in [0.3, 0.4) is 0 Å². The minimum Gasteiger partial charge on any atom is -0.356 e. The van der Waals surface area contributed by atoms with Crippen molar-refractivity contribution in [2.45, 2.75) is 18.7 Å². The molecule has 0 spiro atoms. The van der Waals surface area contributed by atoms with E-state index in [0.29, 0.717) is 11.6 Å². The van der Waals surface area contributed by atoms with E-state index in [1.165, 1.54) is 0 Å². The molecule has 2 amide bonds. The highest BCUT2D eigenvalue weighted by Gasteiger charge is 2.39. The van der Waals surface area contributed by atoms with Gasteiger partial charge in [0.05, 0.1) is 6.04 Å². The fourth-order valence-electron chi connectivity index (χ4n) is 2.78. The van der Waals surface area contributed by atoms with Crippen LogP contribution < -0.4 is 5.32 Å². The van der Waals surface area contributed by atoms with Crippen LogP contribution >= 0.6 is 11.6 Å². The van der Waals surface area contributed by atoms with E-state index in [1.807, 2.05) is 12.1 Å². The molecule has 0 aliphatic carbocycles. The van der Waals surface area contributed by atoms with Gasteiger partial charge in [0, 0.05) is 31.0 Å². The number of aromatic nitrogens is 1. The number of benzene rings is 1. The number of hydrogen-bond donors (Lipinski definition) is 1. The van der Waals surface area contributed by atoms with Gasteiger partial charge >= 0.3 is 0 Å². The number of amides is 2. The fraction of sp³-hybridized carbons (Fsp3) is 0.278. The van der Waals surface area contributed by atoms with Crippen LogP contribution in [0.1, 0.15) is 17.2 Å². The highest BCUT2D eigenvalue weighted by Crippen LogP contribution is 2.30. The molecule has 6 nitrogen and oxygen atoms in total. The van der Waals surface area contributed by atoms with Crippen molar-refractivity contribution < 1.29 is 14.3 Å². The van der Waals surface area contributed by atoms with Crippen LogP contribution in [0.25, 0.3) is 0 Å². The van der Waals surface area contributed by atoms with Crippen LogP contribution in [0.2, 0.25) is 5.02 Å². The maximum atomic E-state index is 12.7. The summed E-state index contributed by atoms with van der Waals surface area (Å²) in [7, 11) is 1.67. The number of carbonyl (C=O) groups is 2. The molecule has 1 aliphatic heterocycles. The van der Waals surface area contributed by atoms with Crippen molar-refractivity contribution in [2.75, 3.05) is 13.7 Å². The first-order valence-corrected chi connectivity index (χ1v) is 8.23. The maximum absolute atomic E-state index is 12.7. The van der Waals surface area contributed by atoms with Crippen LogP contribution in [0.4, 0.5) is 0 Å². The van der Waals surface area contributed by atoms with E-state index >= 15 is 0 Å².